The molecule has 6 nitrogen and oxygen atoms in total. The van der Waals surface area contributed by atoms with Crippen LogP contribution in [0.3, 0.4) is 0 Å². The first-order chi connectivity index (χ1) is 15.7. The van der Waals surface area contributed by atoms with E-state index in [4.69, 9.17) is 9.15 Å². The molecule has 1 amide bonds. The van der Waals surface area contributed by atoms with Gasteiger partial charge in [-0.1, -0.05) is 34.1 Å². The van der Waals surface area contributed by atoms with Crippen LogP contribution in [-0.4, -0.2) is 15.8 Å². The van der Waals surface area contributed by atoms with Gasteiger partial charge in [-0.15, -0.1) is 0 Å². The Hall–Kier alpha value is -3.58. The Morgan fingerprint density at radius 3 is 2.75 bits per heavy atom. The zero-order chi connectivity index (χ0) is 21.9. The lowest BCUT2D eigenvalue weighted by Crippen LogP contribution is -2.42. The molecule has 0 saturated heterocycles. The highest BCUT2D eigenvalue weighted by Gasteiger charge is 2.35. The maximum Gasteiger partial charge on any atom is 0.258 e. The van der Waals surface area contributed by atoms with Crippen LogP contribution in [0.1, 0.15) is 33.5 Å². The summed E-state index contributed by atoms with van der Waals surface area (Å²) in [6, 6.07) is 22.7. The van der Waals surface area contributed by atoms with E-state index in [2.05, 4.69) is 26.2 Å². The molecule has 0 bridgehead atoms. The molecule has 2 aromatic heterocycles. The fourth-order valence-corrected chi connectivity index (χ4v) is 4.15. The van der Waals surface area contributed by atoms with Gasteiger partial charge in [-0.3, -0.25) is 9.78 Å². The molecule has 7 heteroatoms. The normalized spacial score (nSPS) is 15.2. The number of para-hydroxylation sites is 1. The second-order valence-corrected chi connectivity index (χ2v) is 8.31. The van der Waals surface area contributed by atoms with Gasteiger partial charge >= 0.3 is 0 Å². The van der Waals surface area contributed by atoms with Crippen LogP contribution in [0.5, 0.6) is 5.75 Å². The molecule has 1 aliphatic heterocycles. The number of nitrogens with one attached hydrogen (secondary N) is 1. The van der Waals surface area contributed by atoms with E-state index in [1.165, 1.54) is 0 Å². The second kappa shape index (κ2) is 8.88. The number of ether oxygens (including phenoxy) is 1. The van der Waals surface area contributed by atoms with Crippen LogP contribution in [0, 0.1) is 0 Å². The van der Waals surface area contributed by atoms with Gasteiger partial charge in [-0.2, -0.15) is 0 Å². The Bertz CT molecular complexity index is 1230. The van der Waals surface area contributed by atoms with Crippen molar-refractivity contribution in [3.63, 3.8) is 0 Å². The van der Waals surface area contributed by atoms with Gasteiger partial charge in [-0.25, -0.2) is 0 Å². The number of hydrogen-bond acceptors (Lipinski definition) is 5. The largest absolute Gasteiger partial charge is 0.487 e. The Kier molecular flexibility index (Phi) is 5.64. The van der Waals surface area contributed by atoms with E-state index in [9.17, 15) is 4.79 Å². The smallest absolute Gasteiger partial charge is 0.258 e. The monoisotopic (exact) mass is 489 g/mol. The van der Waals surface area contributed by atoms with Gasteiger partial charge in [0.05, 0.1) is 24.1 Å². The molecular weight excluding hydrogens is 470 g/mol. The number of benzene rings is 2. The predicted molar refractivity (Wildman–Crippen MR) is 124 cm³/mol. The molecule has 3 heterocycles. The molecule has 0 radical (unpaired) electrons. The number of furan rings is 1. The highest BCUT2D eigenvalue weighted by Crippen LogP contribution is 2.39. The molecule has 5 rings (SSSR count). The zero-order valence-corrected chi connectivity index (χ0v) is 18.7. The Morgan fingerprint density at radius 2 is 1.94 bits per heavy atom. The molecule has 1 aliphatic rings. The fraction of sp³-hybridized carbons (Fsp3) is 0.120. The summed E-state index contributed by atoms with van der Waals surface area (Å²) in [7, 11) is 0. The molecular formula is C25H20BrN3O3. The van der Waals surface area contributed by atoms with Crippen molar-refractivity contribution in [1.29, 1.82) is 0 Å². The lowest BCUT2D eigenvalue weighted by molar-refractivity contribution is 0.0648. The van der Waals surface area contributed by atoms with Gasteiger partial charge in [0.1, 0.15) is 24.3 Å². The number of halogens is 1. The molecule has 1 unspecified atom stereocenters. The first-order valence-corrected chi connectivity index (χ1v) is 11.0. The summed E-state index contributed by atoms with van der Waals surface area (Å²) >= 11 is 3.57. The highest BCUT2D eigenvalue weighted by atomic mass is 79.9. The Labute approximate surface area is 194 Å². The van der Waals surface area contributed by atoms with E-state index >= 15 is 0 Å². The first-order valence-electron chi connectivity index (χ1n) is 10.2. The van der Waals surface area contributed by atoms with Gasteiger partial charge in [0.2, 0.25) is 0 Å². The summed E-state index contributed by atoms with van der Waals surface area (Å²) < 4.78 is 12.6. The third kappa shape index (κ3) is 4.11. The van der Waals surface area contributed by atoms with Crippen molar-refractivity contribution in [1.82, 2.24) is 9.88 Å². The van der Waals surface area contributed by atoms with E-state index in [0.717, 1.165) is 21.4 Å². The van der Waals surface area contributed by atoms with Crippen molar-refractivity contribution in [3.8, 4) is 5.75 Å². The van der Waals surface area contributed by atoms with Crippen LogP contribution in [0.15, 0.2) is 94.1 Å². The number of hydrogen-bond donors (Lipinski definition) is 1. The van der Waals surface area contributed by atoms with Gasteiger partial charge < -0.3 is 19.4 Å². The second-order valence-electron chi connectivity index (χ2n) is 7.40. The highest BCUT2D eigenvalue weighted by molar-refractivity contribution is 9.10. The number of nitrogens with zero attached hydrogens (tertiary/aromatic N) is 2. The summed E-state index contributed by atoms with van der Waals surface area (Å²) in [5, 5.41) is 3.52. The minimum atomic E-state index is -0.446. The average molecular weight is 490 g/mol. The maximum absolute atomic E-state index is 13.5. The SMILES string of the molecule is O=C1c2ccccc2NC(c2cc(Br)ccc2OCc2ccccn2)N1Cc1ccco1. The maximum atomic E-state index is 13.5. The average Bonchev–Trinajstić information content (AvgIpc) is 3.34. The summed E-state index contributed by atoms with van der Waals surface area (Å²) in [6.45, 7) is 0.648. The van der Waals surface area contributed by atoms with Gasteiger partial charge in [-0.05, 0) is 54.6 Å². The number of fused-ring (bicyclic) bond motifs is 1. The van der Waals surface area contributed by atoms with Crippen molar-refractivity contribution >= 4 is 27.5 Å². The van der Waals surface area contributed by atoms with Crippen molar-refractivity contribution in [2.24, 2.45) is 0 Å². The molecule has 32 heavy (non-hydrogen) atoms. The molecule has 1 atom stereocenters. The summed E-state index contributed by atoms with van der Waals surface area (Å²) in [4.78, 5) is 19.6. The molecule has 160 valence electrons. The number of amides is 1. The standard InChI is InChI=1S/C25H20BrN3O3/c26-17-10-11-23(32-16-18-6-3-4-12-27-18)21(14-17)24-28-22-9-2-1-8-20(22)25(30)29(24)15-19-7-5-13-31-19/h1-14,24,28H,15-16H2. The molecule has 2 aromatic carbocycles. The Balaban J connectivity index is 1.53. The number of anilines is 1. The van der Waals surface area contributed by atoms with Crippen LogP contribution < -0.4 is 10.1 Å². The van der Waals surface area contributed by atoms with Crippen molar-refractivity contribution < 1.29 is 13.9 Å². The topological polar surface area (TPSA) is 67.6 Å². The quantitative estimate of drug-likeness (QED) is 0.371. The van der Waals surface area contributed by atoms with Crippen LogP contribution in [0.2, 0.25) is 0 Å². The van der Waals surface area contributed by atoms with Gasteiger partial charge in [0, 0.05) is 21.9 Å². The van der Waals surface area contributed by atoms with E-state index in [1.807, 2.05) is 72.8 Å². The van der Waals surface area contributed by atoms with Crippen LogP contribution in [0.4, 0.5) is 5.69 Å². The Morgan fingerprint density at radius 1 is 1.06 bits per heavy atom. The number of rotatable bonds is 6. The lowest BCUT2D eigenvalue weighted by Gasteiger charge is -2.38. The van der Waals surface area contributed by atoms with Crippen LogP contribution in [0.25, 0.3) is 0 Å². The van der Waals surface area contributed by atoms with Gasteiger partial charge in [0.15, 0.2) is 0 Å². The van der Waals surface area contributed by atoms with Crippen molar-refractivity contribution in [3.05, 3.63) is 112 Å². The predicted octanol–water partition coefficient (Wildman–Crippen LogP) is 5.78. The zero-order valence-electron chi connectivity index (χ0n) is 17.1. The molecule has 1 N–H and O–H groups in total. The summed E-state index contributed by atoms with van der Waals surface area (Å²) in [5.41, 5.74) is 3.08. The van der Waals surface area contributed by atoms with E-state index in [-0.39, 0.29) is 5.91 Å². The number of carbonyl (C=O) groups excluding carboxylic acids is 1. The number of aromatic nitrogens is 1. The molecule has 0 aliphatic carbocycles. The van der Waals surface area contributed by atoms with E-state index < -0.39 is 6.17 Å². The number of carbonyl (C=O) groups is 1. The molecule has 0 spiro atoms. The summed E-state index contributed by atoms with van der Waals surface area (Å²) in [6.07, 6.45) is 2.91. The summed E-state index contributed by atoms with van der Waals surface area (Å²) in [5.74, 6) is 1.31. The van der Waals surface area contributed by atoms with Crippen molar-refractivity contribution in [2.45, 2.75) is 19.3 Å². The minimum Gasteiger partial charge on any atom is -0.487 e. The molecule has 4 aromatic rings. The van der Waals surface area contributed by atoms with Gasteiger partial charge in [0.25, 0.3) is 5.91 Å². The van der Waals surface area contributed by atoms with Crippen LogP contribution >= 0.6 is 15.9 Å². The van der Waals surface area contributed by atoms with Crippen molar-refractivity contribution in [2.75, 3.05) is 5.32 Å². The van der Waals surface area contributed by atoms with E-state index in [1.54, 1.807) is 17.4 Å². The number of pyridine rings is 1. The third-order valence-corrected chi connectivity index (χ3v) is 5.79. The minimum absolute atomic E-state index is 0.0728. The van der Waals surface area contributed by atoms with E-state index in [0.29, 0.717) is 30.2 Å². The lowest BCUT2D eigenvalue weighted by atomic mass is 10.0. The molecule has 0 saturated carbocycles. The first kappa shape index (κ1) is 20.3. The third-order valence-electron chi connectivity index (χ3n) is 5.30. The fourth-order valence-electron chi connectivity index (χ4n) is 3.77. The van der Waals surface area contributed by atoms with Crippen LogP contribution in [-0.2, 0) is 13.2 Å². The molecule has 0 fully saturated rings.